The van der Waals surface area contributed by atoms with Crippen LogP contribution in [-0.4, -0.2) is 9.97 Å². The second-order valence-corrected chi connectivity index (χ2v) is 4.46. The minimum absolute atomic E-state index is 0.0590. The third-order valence-electron chi connectivity index (χ3n) is 2.95. The Kier molecular flexibility index (Phi) is 1.84. The van der Waals surface area contributed by atoms with Gasteiger partial charge in [0, 0.05) is 18.6 Å². The highest BCUT2D eigenvalue weighted by molar-refractivity contribution is 5.11. The van der Waals surface area contributed by atoms with Gasteiger partial charge in [0.2, 0.25) is 0 Å². The summed E-state index contributed by atoms with van der Waals surface area (Å²) in [7, 11) is 0. The van der Waals surface area contributed by atoms with Crippen LogP contribution in [0.15, 0.2) is 18.6 Å². The largest absolute Gasteiger partial charge is 0.322 e. The summed E-state index contributed by atoms with van der Waals surface area (Å²) in [6, 6.07) is 0.0590. The summed E-state index contributed by atoms with van der Waals surface area (Å²) in [5.41, 5.74) is 7.39. The molecule has 3 nitrogen and oxygen atoms in total. The first-order valence-electron chi connectivity index (χ1n) is 4.63. The van der Waals surface area contributed by atoms with Crippen LogP contribution in [0.3, 0.4) is 0 Å². The average Bonchev–Trinajstić information content (AvgIpc) is 2.76. The maximum Gasteiger partial charge on any atom is 0.0756 e. The van der Waals surface area contributed by atoms with E-state index in [2.05, 4.69) is 23.8 Å². The lowest BCUT2D eigenvalue weighted by atomic mass is 10.0. The van der Waals surface area contributed by atoms with Gasteiger partial charge in [-0.15, -0.1) is 0 Å². The van der Waals surface area contributed by atoms with Crippen LogP contribution >= 0.6 is 0 Å². The van der Waals surface area contributed by atoms with Gasteiger partial charge in [0.1, 0.15) is 0 Å². The van der Waals surface area contributed by atoms with Gasteiger partial charge in [-0.25, -0.2) is 0 Å². The molecule has 2 N–H and O–H groups in total. The van der Waals surface area contributed by atoms with Crippen LogP contribution in [0.25, 0.3) is 0 Å². The van der Waals surface area contributed by atoms with E-state index < -0.39 is 0 Å². The fraction of sp³-hybridized carbons (Fsp3) is 0.600. The Balaban J connectivity index is 2.12. The Hall–Kier alpha value is -0.960. The molecule has 3 heteroatoms. The molecule has 13 heavy (non-hydrogen) atoms. The van der Waals surface area contributed by atoms with E-state index in [9.17, 15) is 0 Å². The Morgan fingerprint density at radius 1 is 1.54 bits per heavy atom. The fourth-order valence-corrected chi connectivity index (χ4v) is 1.81. The molecule has 0 aliphatic heterocycles. The van der Waals surface area contributed by atoms with Crippen molar-refractivity contribution in [2.24, 2.45) is 17.1 Å². The smallest absolute Gasteiger partial charge is 0.0756 e. The molecule has 1 aliphatic rings. The number of rotatable bonds is 2. The van der Waals surface area contributed by atoms with Crippen molar-refractivity contribution in [3.05, 3.63) is 24.3 Å². The third-order valence-corrected chi connectivity index (χ3v) is 2.95. The van der Waals surface area contributed by atoms with Crippen molar-refractivity contribution in [2.75, 3.05) is 0 Å². The highest BCUT2D eigenvalue weighted by Gasteiger charge is 2.49. The van der Waals surface area contributed by atoms with Crippen LogP contribution in [0.1, 0.15) is 32.0 Å². The Morgan fingerprint density at radius 2 is 2.23 bits per heavy atom. The predicted octanol–water partition coefficient (Wildman–Crippen LogP) is 1.52. The molecule has 0 amide bonds. The van der Waals surface area contributed by atoms with Gasteiger partial charge in [-0.2, -0.15) is 0 Å². The molecule has 1 aliphatic carbocycles. The summed E-state index contributed by atoms with van der Waals surface area (Å²) in [5.74, 6) is 0.573. The number of hydrogen-bond acceptors (Lipinski definition) is 3. The quantitative estimate of drug-likeness (QED) is 0.745. The standard InChI is InChI=1S/C10H15N3/c1-10(2)5-7(10)9(11)8-6-12-3-4-13-8/h3-4,6-7,9H,5,11H2,1-2H3. The number of hydrogen-bond donors (Lipinski definition) is 1. The first kappa shape index (κ1) is 8.63. The number of aromatic nitrogens is 2. The van der Waals surface area contributed by atoms with Gasteiger partial charge in [0.25, 0.3) is 0 Å². The molecule has 1 aromatic rings. The van der Waals surface area contributed by atoms with Crippen molar-refractivity contribution in [3.8, 4) is 0 Å². The summed E-state index contributed by atoms with van der Waals surface area (Å²) < 4.78 is 0. The van der Waals surface area contributed by atoms with Crippen molar-refractivity contribution in [2.45, 2.75) is 26.3 Å². The van der Waals surface area contributed by atoms with Gasteiger partial charge in [-0.1, -0.05) is 13.8 Å². The third kappa shape index (κ3) is 1.56. The molecule has 0 spiro atoms. The van der Waals surface area contributed by atoms with E-state index in [1.165, 1.54) is 6.42 Å². The second kappa shape index (κ2) is 2.77. The molecule has 1 aromatic heterocycles. The second-order valence-electron chi connectivity index (χ2n) is 4.46. The lowest BCUT2D eigenvalue weighted by Gasteiger charge is -2.11. The lowest BCUT2D eigenvalue weighted by molar-refractivity contribution is 0.483. The molecule has 0 radical (unpaired) electrons. The van der Waals surface area contributed by atoms with Crippen LogP contribution < -0.4 is 5.73 Å². The molecule has 0 bridgehead atoms. The molecule has 1 fully saturated rings. The van der Waals surface area contributed by atoms with E-state index in [0.29, 0.717) is 11.3 Å². The molecule has 1 saturated carbocycles. The van der Waals surface area contributed by atoms with Crippen LogP contribution in [0.4, 0.5) is 0 Å². The Morgan fingerprint density at radius 3 is 2.69 bits per heavy atom. The van der Waals surface area contributed by atoms with E-state index in [-0.39, 0.29) is 6.04 Å². The molecule has 70 valence electrons. The van der Waals surface area contributed by atoms with E-state index in [1.54, 1.807) is 18.6 Å². The molecule has 2 rings (SSSR count). The normalized spacial score (nSPS) is 26.8. The van der Waals surface area contributed by atoms with Gasteiger partial charge >= 0.3 is 0 Å². The van der Waals surface area contributed by atoms with Crippen molar-refractivity contribution in [1.29, 1.82) is 0 Å². The molecule has 2 atom stereocenters. The minimum Gasteiger partial charge on any atom is -0.322 e. The van der Waals surface area contributed by atoms with Crippen LogP contribution in [0.2, 0.25) is 0 Å². The van der Waals surface area contributed by atoms with Crippen molar-refractivity contribution in [1.82, 2.24) is 9.97 Å². The maximum atomic E-state index is 6.07. The molecular weight excluding hydrogens is 162 g/mol. The summed E-state index contributed by atoms with van der Waals surface area (Å²) in [4.78, 5) is 8.24. The van der Waals surface area contributed by atoms with Crippen molar-refractivity contribution < 1.29 is 0 Å². The summed E-state index contributed by atoms with van der Waals surface area (Å²) in [6.07, 6.45) is 6.34. The number of nitrogens with two attached hydrogens (primary N) is 1. The van der Waals surface area contributed by atoms with Gasteiger partial charge in [-0.3, -0.25) is 9.97 Å². The maximum absolute atomic E-state index is 6.07. The van der Waals surface area contributed by atoms with Gasteiger partial charge in [0.05, 0.1) is 11.7 Å². The molecule has 0 aromatic carbocycles. The summed E-state index contributed by atoms with van der Waals surface area (Å²) in [5, 5.41) is 0. The molecule has 0 saturated heterocycles. The molecule has 2 unspecified atom stereocenters. The topological polar surface area (TPSA) is 51.8 Å². The zero-order valence-electron chi connectivity index (χ0n) is 8.07. The number of nitrogens with zero attached hydrogens (tertiary/aromatic N) is 2. The van der Waals surface area contributed by atoms with E-state index in [1.807, 2.05) is 0 Å². The van der Waals surface area contributed by atoms with E-state index in [4.69, 9.17) is 5.73 Å². The van der Waals surface area contributed by atoms with Gasteiger partial charge < -0.3 is 5.73 Å². The minimum atomic E-state index is 0.0590. The highest BCUT2D eigenvalue weighted by Crippen LogP contribution is 2.56. The summed E-state index contributed by atoms with van der Waals surface area (Å²) in [6.45, 7) is 4.49. The Labute approximate surface area is 78.4 Å². The Bertz CT molecular complexity index is 294. The monoisotopic (exact) mass is 177 g/mol. The first-order chi connectivity index (χ1) is 6.11. The van der Waals surface area contributed by atoms with Crippen molar-refractivity contribution in [3.63, 3.8) is 0 Å². The first-order valence-corrected chi connectivity index (χ1v) is 4.63. The van der Waals surface area contributed by atoms with Crippen LogP contribution in [0, 0.1) is 11.3 Å². The molecule has 1 heterocycles. The fourth-order valence-electron chi connectivity index (χ4n) is 1.81. The van der Waals surface area contributed by atoms with Gasteiger partial charge in [0.15, 0.2) is 0 Å². The van der Waals surface area contributed by atoms with Crippen molar-refractivity contribution >= 4 is 0 Å². The highest BCUT2D eigenvalue weighted by atomic mass is 14.8. The van der Waals surface area contributed by atoms with E-state index >= 15 is 0 Å². The van der Waals surface area contributed by atoms with E-state index in [0.717, 1.165) is 5.69 Å². The average molecular weight is 177 g/mol. The zero-order valence-corrected chi connectivity index (χ0v) is 8.07. The van der Waals surface area contributed by atoms with Crippen LogP contribution in [-0.2, 0) is 0 Å². The zero-order chi connectivity index (χ0) is 9.47. The van der Waals surface area contributed by atoms with Crippen LogP contribution in [0.5, 0.6) is 0 Å². The predicted molar refractivity (Wildman–Crippen MR) is 50.8 cm³/mol. The molecular formula is C10H15N3. The van der Waals surface area contributed by atoms with Gasteiger partial charge in [-0.05, 0) is 17.8 Å². The SMILES string of the molecule is CC1(C)CC1C(N)c1cnccn1. The summed E-state index contributed by atoms with van der Waals surface area (Å²) >= 11 is 0. The lowest BCUT2D eigenvalue weighted by Crippen LogP contribution is -2.16.